The molecule has 1 aliphatic rings. The van der Waals surface area contributed by atoms with Gasteiger partial charge in [0.15, 0.2) is 0 Å². The van der Waals surface area contributed by atoms with Crippen LogP contribution in [-0.4, -0.2) is 38.3 Å². The molecule has 0 aliphatic carbocycles. The minimum atomic E-state index is 0.111. The third-order valence-corrected chi connectivity index (χ3v) is 4.28. The lowest BCUT2D eigenvalue weighted by atomic mass is 9.99. The number of nitrogens with zero attached hydrogens (tertiary/aromatic N) is 1. The van der Waals surface area contributed by atoms with Gasteiger partial charge in [0.1, 0.15) is 0 Å². The van der Waals surface area contributed by atoms with Crippen LogP contribution in [0.5, 0.6) is 0 Å². The summed E-state index contributed by atoms with van der Waals surface area (Å²) >= 11 is 0. The Balaban J connectivity index is 1.84. The predicted octanol–water partition coefficient (Wildman–Crippen LogP) is 2.85. The standard InChI is InChI=1S/C18H30N2O/c1-14(2)10-15-4-6-17(7-5-15)18(19)12-20-9-8-16(11-20)13-21-3/h4-7,14,16,18H,8-13,19H2,1-3H3. The molecule has 0 saturated carbocycles. The lowest BCUT2D eigenvalue weighted by molar-refractivity contribution is 0.152. The van der Waals surface area contributed by atoms with E-state index in [0.717, 1.165) is 32.7 Å². The van der Waals surface area contributed by atoms with E-state index in [4.69, 9.17) is 10.5 Å². The number of hydrogen-bond acceptors (Lipinski definition) is 3. The highest BCUT2D eigenvalue weighted by Crippen LogP contribution is 2.20. The van der Waals surface area contributed by atoms with Crippen molar-refractivity contribution in [1.82, 2.24) is 4.90 Å². The summed E-state index contributed by atoms with van der Waals surface area (Å²) in [5, 5.41) is 0. The molecule has 21 heavy (non-hydrogen) atoms. The number of methoxy groups -OCH3 is 1. The molecule has 1 aliphatic heterocycles. The number of nitrogens with two attached hydrogens (primary N) is 1. The fourth-order valence-electron chi connectivity index (χ4n) is 3.21. The number of hydrogen-bond donors (Lipinski definition) is 1. The van der Waals surface area contributed by atoms with Gasteiger partial charge < -0.3 is 15.4 Å². The lowest BCUT2D eigenvalue weighted by Gasteiger charge is -2.21. The largest absolute Gasteiger partial charge is 0.384 e. The Morgan fingerprint density at radius 1 is 1.29 bits per heavy atom. The second kappa shape index (κ2) is 7.92. The molecule has 2 N–H and O–H groups in total. The molecule has 1 fully saturated rings. The molecule has 1 saturated heterocycles. The SMILES string of the molecule is COCC1CCN(CC(N)c2ccc(CC(C)C)cc2)C1. The normalized spacial score (nSPS) is 21.1. The Labute approximate surface area is 129 Å². The van der Waals surface area contributed by atoms with E-state index in [1.807, 2.05) is 0 Å². The van der Waals surface area contributed by atoms with Crippen molar-refractivity contribution < 1.29 is 4.74 Å². The van der Waals surface area contributed by atoms with Crippen molar-refractivity contribution >= 4 is 0 Å². The van der Waals surface area contributed by atoms with E-state index in [0.29, 0.717) is 11.8 Å². The first-order chi connectivity index (χ1) is 10.1. The summed E-state index contributed by atoms with van der Waals surface area (Å²) in [5.41, 5.74) is 9.03. The Kier molecular flexibility index (Phi) is 6.22. The van der Waals surface area contributed by atoms with Gasteiger partial charge in [-0.25, -0.2) is 0 Å². The smallest absolute Gasteiger partial charge is 0.0503 e. The van der Waals surface area contributed by atoms with Crippen LogP contribution in [0, 0.1) is 11.8 Å². The molecule has 3 nitrogen and oxygen atoms in total. The predicted molar refractivity (Wildman–Crippen MR) is 88.3 cm³/mol. The molecule has 0 amide bonds. The van der Waals surface area contributed by atoms with Gasteiger partial charge in [-0.1, -0.05) is 38.1 Å². The summed E-state index contributed by atoms with van der Waals surface area (Å²) in [6.45, 7) is 8.59. The molecule has 2 atom stereocenters. The van der Waals surface area contributed by atoms with E-state index in [-0.39, 0.29) is 6.04 Å². The van der Waals surface area contributed by atoms with Crippen LogP contribution in [0.1, 0.15) is 37.4 Å². The van der Waals surface area contributed by atoms with Crippen molar-refractivity contribution in [2.45, 2.75) is 32.7 Å². The quantitative estimate of drug-likeness (QED) is 0.839. The first-order valence-corrected chi connectivity index (χ1v) is 8.14. The minimum absolute atomic E-state index is 0.111. The monoisotopic (exact) mass is 290 g/mol. The van der Waals surface area contributed by atoms with Gasteiger partial charge in [-0.3, -0.25) is 0 Å². The minimum Gasteiger partial charge on any atom is -0.384 e. The van der Waals surface area contributed by atoms with Gasteiger partial charge in [0.2, 0.25) is 0 Å². The van der Waals surface area contributed by atoms with Crippen molar-refractivity contribution in [3.05, 3.63) is 35.4 Å². The van der Waals surface area contributed by atoms with Gasteiger partial charge >= 0.3 is 0 Å². The Hall–Kier alpha value is -0.900. The van der Waals surface area contributed by atoms with E-state index in [1.165, 1.54) is 17.5 Å². The van der Waals surface area contributed by atoms with Crippen molar-refractivity contribution in [3.8, 4) is 0 Å². The van der Waals surface area contributed by atoms with Crippen molar-refractivity contribution in [1.29, 1.82) is 0 Å². The maximum absolute atomic E-state index is 6.37. The summed E-state index contributed by atoms with van der Waals surface area (Å²) in [5.74, 6) is 1.38. The van der Waals surface area contributed by atoms with E-state index in [9.17, 15) is 0 Å². The third kappa shape index (κ3) is 5.10. The molecule has 2 rings (SSSR count). The molecular formula is C18H30N2O. The summed E-state index contributed by atoms with van der Waals surface area (Å²) in [7, 11) is 1.78. The number of benzene rings is 1. The second-order valence-corrected chi connectivity index (χ2v) is 6.82. The summed E-state index contributed by atoms with van der Waals surface area (Å²) in [6, 6.07) is 8.97. The molecule has 0 bridgehead atoms. The van der Waals surface area contributed by atoms with Gasteiger partial charge in [-0.2, -0.15) is 0 Å². The average molecular weight is 290 g/mol. The van der Waals surface area contributed by atoms with Gasteiger partial charge in [0.05, 0.1) is 6.61 Å². The van der Waals surface area contributed by atoms with E-state index >= 15 is 0 Å². The summed E-state index contributed by atoms with van der Waals surface area (Å²) < 4.78 is 5.25. The molecule has 1 heterocycles. The molecule has 1 aromatic rings. The first kappa shape index (κ1) is 16.5. The fraction of sp³-hybridized carbons (Fsp3) is 0.667. The molecular weight excluding hydrogens is 260 g/mol. The van der Waals surface area contributed by atoms with Gasteiger partial charge in [0.25, 0.3) is 0 Å². The topological polar surface area (TPSA) is 38.5 Å². The Bertz CT molecular complexity index is 416. The fourth-order valence-corrected chi connectivity index (χ4v) is 3.21. The van der Waals surface area contributed by atoms with Crippen molar-refractivity contribution in [3.63, 3.8) is 0 Å². The van der Waals surface area contributed by atoms with Gasteiger partial charge in [-0.05, 0) is 42.3 Å². The van der Waals surface area contributed by atoms with Crippen LogP contribution in [0.2, 0.25) is 0 Å². The Morgan fingerprint density at radius 2 is 2.00 bits per heavy atom. The van der Waals surface area contributed by atoms with Crippen LogP contribution in [0.4, 0.5) is 0 Å². The molecule has 3 heteroatoms. The van der Waals surface area contributed by atoms with Crippen LogP contribution in [0.3, 0.4) is 0 Å². The summed E-state index contributed by atoms with van der Waals surface area (Å²) in [6.07, 6.45) is 2.37. The third-order valence-electron chi connectivity index (χ3n) is 4.28. The maximum Gasteiger partial charge on any atom is 0.0503 e. The van der Waals surface area contributed by atoms with E-state index < -0.39 is 0 Å². The molecule has 0 radical (unpaired) electrons. The maximum atomic E-state index is 6.37. The highest BCUT2D eigenvalue weighted by Gasteiger charge is 2.23. The zero-order chi connectivity index (χ0) is 15.2. The Morgan fingerprint density at radius 3 is 2.62 bits per heavy atom. The van der Waals surface area contributed by atoms with Crippen LogP contribution in [0.25, 0.3) is 0 Å². The molecule has 0 spiro atoms. The molecule has 118 valence electrons. The zero-order valence-corrected chi connectivity index (χ0v) is 13.7. The van der Waals surface area contributed by atoms with Gasteiger partial charge in [0, 0.05) is 26.2 Å². The summed E-state index contributed by atoms with van der Waals surface area (Å²) in [4.78, 5) is 2.47. The van der Waals surface area contributed by atoms with E-state index in [2.05, 4.69) is 43.0 Å². The number of likely N-dealkylation sites (tertiary alicyclic amines) is 1. The highest BCUT2D eigenvalue weighted by atomic mass is 16.5. The van der Waals surface area contributed by atoms with Crippen LogP contribution in [-0.2, 0) is 11.2 Å². The first-order valence-electron chi connectivity index (χ1n) is 8.14. The van der Waals surface area contributed by atoms with Crippen LogP contribution >= 0.6 is 0 Å². The van der Waals surface area contributed by atoms with Crippen molar-refractivity contribution in [2.75, 3.05) is 33.4 Å². The van der Waals surface area contributed by atoms with Crippen LogP contribution in [0.15, 0.2) is 24.3 Å². The molecule has 0 aromatic heterocycles. The zero-order valence-electron chi connectivity index (χ0n) is 13.7. The van der Waals surface area contributed by atoms with Crippen molar-refractivity contribution in [2.24, 2.45) is 17.6 Å². The average Bonchev–Trinajstić information content (AvgIpc) is 2.86. The lowest BCUT2D eigenvalue weighted by Crippen LogP contribution is -2.31. The molecule has 2 unspecified atom stereocenters. The molecule has 1 aromatic carbocycles. The second-order valence-electron chi connectivity index (χ2n) is 6.82. The van der Waals surface area contributed by atoms with E-state index in [1.54, 1.807) is 7.11 Å². The number of rotatable bonds is 7. The number of ether oxygens (including phenoxy) is 1. The van der Waals surface area contributed by atoms with Crippen LogP contribution < -0.4 is 5.73 Å². The van der Waals surface area contributed by atoms with Gasteiger partial charge in [-0.15, -0.1) is 0 Å². The highest BCUT2D eigenvalue weighted by molar-refractivity contribution is 5.25.